The zero-order valence-electron chi connectivity index (χ0n) is 9.51. The Balaban J connectivity index is 3.02. The highest BCUT2D eigenvalue weighted by molar-refractivity contribution is 7.92. The molecule has 8 heteroatoms. The molecule has 0 fully saturated rings. The van der Waals surface area contributed by atoms with Gasteiger partial charge in [0.25, 0.3) is 0 Å². The average molecular weight is 294 g/mol. The molecule has 18 heavy (non-hydrogen) atoms. The van der Waals surface area contributed by atoms with Gasteiger partial charge in [-0.3, -0.25) is 4.72 Å². The van der Waals surface area contributed by atoms with Crippen molar-refractivity contribution in [2.24, 2.45) is 0 Å². The maximum absolute atomic E-state index is 11.6. The summed E-state index contributed by atoms with van der Waals surface area (Å²) in [5, 5.41) is 9.17. The Morgan fingerprint density at radius 3 is 2.72 bits per heavy atom. The van der Waals surface area contributed by atoms with Gasteiger partial charge < -0.3 is 9.84 Å². The Labute approximate surface area is 110 Å². The number of hydrogen-bond acceptors (Lipinski definition) is 4. The van der Waals surface area contributed by atoms with Gasteiger partial charge in [0, 0.05) is 12.1 Å². The van der Waals surface area contributed by atoms with Crippen LogP contribution in [0.1, 0.15) is 10.4 Å². The second kappa shape index (κ2) is 6.03. The number of nitrogens with one attached hydrogen (secondary N) is 1. The monoisotopic (exact) mass is 293 g/mol. The van der Waals surface area contributed by atoms with E-state index in [9.17, 15) is 13.2 Å². The van der Waals surface area contributed by atoms with Gasteiger partial charge in [-0.15, -0.1) is 0 Å². The molecule has 0 unspecified atom stereocenters. The van der Waals surface area contributed by atoms with Gasteiger partial charge in [0.1, 0.15) is 0 Å². The molecule has 0 saturated carbocycles. The van der Waals surface area contributed by atoms with Gasteiger partial charge in [-0.05, 0) is 18.2 Å². The minimum Gasteiger partial charge on any atom is -0.478 e. The van der Waals surface area contributed by atoms with E-state index in [2.05, 4.69) is 9.46 Å². The van der Waals surface area contributed by atoms with Gasteiger partial charge in [-0.1, -0.05) is 11.6 Å². The van der Waals surface area contributed by atoms with Crippen LogP contribution in [0, 0.1) is 0 Å². The first-order chi connectivity index (χ1) is 8.35. The SMILES string of the molecule is COCCS(=O)(=O)Nc1cc(Cl)ccc1C(=O)O. The lowest BCUT2D eigenvalue weighted by Gasteiger charge is -2.10. The number of carboxylic acids is 1. The quantitative estimate of drug-likeness (QED) is 0.827. The number of methoxy groups -OCH3 is 1. The van der Waals surface area contributed by atoms with E-state index in [1.807, 2.05) is 0 Å². The molecule has 1 aromatic rings. The first kappa shape index (κ1) is 14.7. The summed E-state index contributed by atoms with van der Waals surface area (Å²) < 4.78 is 30.1. The molecule has 0 bridgehead atoms. The maximum Gasteiger partial charge on any atom is 0.337 e. The molecule has 0 aliphatic heterocycles. The van der Waals surface area contributed by atoms with Crippen LogP contribution < -0.4 is 4.72 Å². The number of anilines is 1. The molecule has 1 rings (SSSR count). The van der Waals surface area contributed by atoms with E-state index in [0.717, 1.165) is 0 Å². The normalized spacial score (nSPS) is 11.2. The van der Waals surface area contributed by atoms with Gasteiger partial charge in [0.2, 0.25) is 10.0 Å². The van der Waals surface area contributed by atoms with Crippen LogP contribution in [0.2, 0.25) is 5.02 Å². The number of rotatable bonds is 6. The second-order valence-electron chi connectivity index (χ2n) is 3.41. The maximum atomic E-state index is 11.6. The number of carboxylic acid groups (broad SMARTS) is 1. The molecule has 0 heterocycles. The topological polar surface area (TPSA) is 92.7 Å². The number of hydrogen-bond donors (Lipinski definition) is 2. The highest BCUT2D eigenvalue weighted by atomic mass is 35.5. The number of halogens is 1. The summed E-state index contributed by atoms with van der Waals surface area (Å²) in [6, 6.07) is 3.85. The lowest BCUT2D eigenvalue weighted by atomic mass is 10.2. The Morgan fingerprint density at radius 1 is 1.50 bits per heavy atom. The van der Waals surface area contributed by atoms with Gasteiger partial charge in [0.15, 0.2) is 0 Å². The summed E-state index contributed by atoms with van der Waals surface area (Å²) in [6.07, 6.45) is 0. The second-order valence-corrected chi connectivity index (χ2v) is 5.69. The fraction of sp³-hybridized carbons (Fsp3) is 0.300. The van der Waals surface area contributed by atoms with E-state index >= 15 is 0 Å². The predicted octanol–water partition coefficient (Wildman–Crippen LogP) is 1.43. The summed E-state index contributed by atoms with van der Waals surface area (Å²) in [5.74, 6) is -1.51. The Kier molecular flexibility index (Phi) is 4.94. The Hall–Kier alpha value is -1.31. The molecule has 0 atom stereocenters. The van der Waals surface area contributed by atoms with Crippen molar-refractivity contribution in [3.63, 3.8) is 0 Å². The zero-order chi connectivity index (χ0) is 13.8. The molecule has 0 saturated heterocycles. The number of carbonyl (C=O) groups is 1. The molecular weight excluding hydrogens is 282 g/mol. The van der Waals surface area contributed by atoms with E-state index in [1.165, 1.54) is 25.3 Å². The van der Waals surface area contributed by atoms with Crippen molar-refractivity contribution >= 4 is 33.3 Å². The standard InChI is InChI=1S/C10H12ClNO5S/c1-17-4-5-18(15,16)12-9-6-7(11)2-3-8(9)10(13)14/h2-3,6,12H,4-5H2,1H3,(H,13,14). The number of aromatic carboxylic acids is 1. The average Bonchev–Trinajstić information content (AvgIpc) is 2.25. The van der Waals surface area contributed by atoms with Crippen LogP contribution in [0.4, 0.5) is 5.69 Å². The lowest BCUT2D eigenvalue weighted by molar-refractivity contribution is 0.0698. The van der Waals surface area contributed by atoms with Crippen molar-refractivity contribution in [1.29, 1.82) is 0 Å². The van der Waals surface area contributed by atoms with Crippen LogP contribution in [-0.4, -0.2) is 39.0 Å². The van der Waals surface area contributed by atoms with Crippen molar-refractivity contribution in [2.45, 2.75) is 0 Å². The van der Waals surface area contributed by atoms with Crippen molar-refractivity contribution in [3.05, 3.63) is 28.8 Å². The van der Waals surface area contributed by atoms with Crippen molar-refractivity contribution in [2.75, 3.05) is 24.2 Å². The first-order valence-corrected chi connectivity index (χ1v) is 6.91. The number of ether oxygens (including phenoxy) is 1. The smallest absolute Gasteiger partial charge is 0.337 e. The molecule has 0 radical (unpaired) electrons. The molecule has 100 valence electrons. The van der Waals surface area contributed by atoms with E-state index < -0.39 is 16.0 Å². The molecule has 0 aromatic heterocycles. The summed E-state index contributed by atoms with van der Waals surface area (Å²) in [6.45, 7) is 0.0122. The van der Waals surface area contributed by atoms with Crippen LogP contribution in [0.15, 0.2) is 18.2 Å². The molecular formula is C10H12ClNO5S. The van der Waals surface area contributed by atoms with Crippen LogP contribution in [0.25, 0.3) is 0 Å². The summed E-state index contributed by atoms with van der Waals surface area (Å²) in [5.41, 5.74) is -0.230. The zero-order valence-corrected chi connectivity index (χ0v) is 11.1. The highest BCUT2D eigenvalue weighted by Gasteiger charge is 2.16. The molecule has 0 amide bonds. The van der Waals surface area contributed by atoms with E-state index in [4.69, 9.17) is 16.7 Å². The minimum atomic E-state index is -3.67. The third-order valence-electron chi connectivity index (χ3n) is 2.03. The Bertz CT molecular complexity index is 543. The van der Waals surface area contributed by atoms with Gasteiger partial charge in [-0.25, -0.2) is 13.2 Å². The number of benzene rings is 1. The van der Waals surface area contributed by atoms with E-state index in [1.54, 1.807) is 0 Å². The molecule has 2 N–H and O–H groups in total. The van der Waals surface area contributed by atoms with Crippen LogP contribution in [0.5, 0.6) is 0 Å². The first-order valence-electron chi connectivity index (χ1n) is 4.88. The predicted molar refractivity (Wildman–Crippen MR) is 67.7 cm³/mol. The van der Waals surface area contributed by atoms with Crippen LogP contribution in [-0.2, 0) is 14.8 Å². The van der Waals surface area contributed by atoms with E-state index in [0.29, 0.717) is 0 Å². The van der Waals surface area contributed by atoms with Gasteiger partial charge in [-0.2, -0.15) is 0 Å². The van der Waals surface area contributed by atoms with E-state index in [-0.39, 0.29) is 28.6 Å². The molecule has 0 aliphatic carbocycles. The molecule has 6 nitrogen and oxygen atoms in total. The third kappa shape index (κ3) is 4.17. The Morgan fingerprint density at radius 2 is 2.17 bits per heavy atom. The number of sulfonamides is 1. The fourth-order valence-electron chi connectivity index (χ4n) is 1.20. The van der Waals surface area contributed by atoms with Gasteiger partial charge >= 0.3 is 5.97 Å². The van der Waals surface area contributed by atoms with Crippen LogP contribution in [0.3, 0.4) is 0 Å². The molecule has 0 spiro atoms. The lowest BCUT2D eigenvalue weighted by Crippen LogP contribution is -2.21. The molecule has 1 aromatic carbocycles. The summed E-state index contributed by atoms with van der Waals surface area (Å²) in [7, 11) is -2.29. The van der Waals surface area contributed by atoms with Gasteiger partial charge in [0.05, 0.1) is 23.6 Å². The van der Waals surface area contributed by atoms with Crippen molar-refractivity contribution < 1.29 is 23.1 Å². The van der Waals surface area contributed by atoms with Crippen molar-refractivity contribution in [3.8, 4) is 0 Å². The minimum absolute atomic E-state index is 0.0122. The van der Waals surface area contributed by atoms with Crippen molar-refractivity contribution in [1.82, 2.24) is 0 Å². The molecule has 0 aliphatic rings. The largest absolute Gasteiger partial charge is 0.478 e. The van der Waals surface area contributed by atoms with Crippen LogP contribution >= 0.6 is 11.6 Å². The highest BCUT2D eigenvalue weighted by Crippen LogP contribution is 2.22. The summed E-state index contributed by atoms with van der Waals surface area (Å²) >= 11 is 5.70. The third-order valence-corrected chi connectivity index (χ3v) is 3.50. The fourth-order valence-corrected chi connectivity index (χ4v) is 2.36. The summed E-state index contributed by atoms with van der Waals surface area (Å²) in [4.78, 5) is 10.9.